The number of nitrogens with zero attached hydrogens (tertiary/aromatic N) is 1. The Hall–Kier alpha value is -6.94. The van der Waals surface area contributed by atoms with Crippen LogP contribution in [0.1, 0.15) is 0 Å². The number of benzene rings is 9. The maximum absolute atomic E-state index is 6.24. The quantitative estimate of drug-likeness (QED) is 0.170. The monoisotopic (exact) mass is 719 g/mol. The molecule has 0 aliphatic carbocycles. The van der Waals surface area contributed by atoms with Crippen molar-refractivity contribution in [1.82, 2.24) is 0 Å². The molecule has 3 heteroatoms. The van der Waals surface area contributed by atoms with Crippen molar-refractivity contribution in [3.8, 4) is 33.4 Å². The van der Waals surface area contributed by atoms with E-state index in [9.17, 15) is 0 Å². The molecule has 55 heavy (non-hydrogen) atoms. The Morgan fingerprint density at radius 1 is 0.327 bits per heavy atom. The van der Waals surface area contributed by atoms with Crippen LogP contribution in [0.15, 0.2) is 205 Å². The summed E-state index contributed by atoms with van der Waals surface area (Å²) in [7, 11) is 0. The molecular formula is C52H33NOS. The lowest BCUT2D eigenvalue weighted by Gasteiger charge is -2.26. The molecule has 0 saturated heterocycles. The Morgan fingerprint density at radius 2 is 0.945 bits per heavy atom. The summed E-state index contributed by atoms with van der Waals surface area (Å²) in [6.07, 6.45) is 0. The van der Waals surface area contributed by atoms with Crippen LogP contribution in [0.4, 0.5) is 17.1 Å². The fourth-order valence-corrected chi connectivity index (χ4v) is 9.26. The van der Waals surface area contributed by atoms with Crippen LogP contribution in [0.5, 0.6) is 0 Å². The zero-order valence-electron chi connectivity index (χ0n) is 29.8. The van der Waals surface area contributed by atoms with Crippen molar-refractivity contribution in [2.75, 3.05) is 4.90 Å². The Kier molecular flexibility index (Phi) is 7.39. The lowest BCUT2D eigenvalue weighted by Crippen LogP contribution is -2.10. The summed E-state index contributed by atoms with van der Waals surface area (Å²) in [5.41, 5.74) is 12.2. The molecule has 0 radical (unpaired) electrons. The SMILES string of the molecule is c1cc(-c2cccc(N(c3ccc(-c4ccc5c(c4)oc4ccccc45)cc3)c3ccc4sc5ccccc5c4c3)c2)cc(-c2cccc3ccccc23)c1. The standard InChI is InChI=1S/C52H33NOS/c1-2-16-43-35(10-1)11-9-19-44(43)39-14-7-12-36(30-39)37-13-8-15-41(31-37)53(42-27-29-52-48(33-42)47-18-4-6-21-51(47)55-52)40-25-22-34(23-26-40)38-24-28-46-45-17-3-5-20-49(45)54-50(46)32-38/h1-33H. The third kappa shape index (κ3) is 5.48. The van der Waals surface area contributed by atoms with Crippen molar-refractivity contribution >= 4 is 81.3 Å². The molecule has 0 aliphatic heterocycles. The predicted octanol–water partition coefficient (Wildman–Crippen LogP) is 15.6. The summed E-state index contributed by atoms with van der Waals surface area (Å²) in [6.45, 7) is 0. The number of fused-ring (bicyclic) bond motifs is 7. The van der Waals surface area contributed by atoms with Gasteiger partial charge in [0.2, 0.25) is 0 Å². The molecule has 0 bridgehead atoms. The van der Waals surface area contributed by atoms with E-state index in [-0.39, 0.29) is 0 Å². The summed E-state index contributed by atoms with van der Waals surface area (Å²) in [5, 5.41) is 7.37. The third-order valence-electron chi connectivity index (χ3n) is 10.9. The van der Waals surface area contributed by atoms with Gasteiger partial charge in [0.25, 0.3) is 0 Å². The normalized spacial score (nSPS) is 11.6. The number of rotatable bonds is 6. The highest BCUT2D eigenvalue weighted by molar-refractivity contribution is 7.25. The Labute approximate surface area is 322 Å². The van der Waals surface area contributed by atoms with Gasteiger partial charge in [0.1, 0.15) is 11.2 Å². The van der Waals surface area contributed by atoms with E-state index in [0.717, 1.165) is 50.1 Å². The summed E-state index contributed by atoms with van der Waals surface area (Å²) in [5.74, 6) is 0. The van der Waals surface area contributed by atoms with Crippen molar-refractivity contribution in [1.29, 1.82) is 0 Å². The number of hydrogen-bond donors (Lipinski definition) is 0. The molecule has 9 aromatic carbocycles. The van der Waals surface area contributed by atoms with E-state index in [1.165, 1.54) is 53.2 Å². The van der Waals surface area contributed by atoms with E-state index in [0.29, 0.717) is 0 Å². The molecule has 258 valence electrons. The first-order valence-electron chi connectivity index (χ1n) is 18.7. The molecule has 2 heterocycles. The molecule has 11 rings (SSSR count). The predicted molar refractivity (Wildman–Crippen MR) is 235 cm³/mol. The van der Waals surface area contributed by atoms with Gasteiger partial charge in [-0.3, -0.25) is 0 Å². The van der Waals surface area contributed by atoms with Crippen LogP contribution < -0.4 is 4.90 Å². The van der Waals surface area contributed by atoms with E-state index >= 15 is 0 Å². The zero-order chi connectivity index (χ0) is 36.3. The van der Waals surface area contributed by atoms with Gasteiger partial charge in [-0.05, 0) is 117 Å². The van der Waals surface area contributed by atoms with Gasteiger partial charge in [-0.15, -0.1) is 11.3 Å². The number of hydrogen-bond acceptors (Lipinski definition) is 3. The highest BCUT2D eigenvalue weighted by Gasteiger charge is 2.17. The van der Waals surface area contributed by atoms with Gasteiger partial charge in [0.15, 0.2) is 0 Å². The average Bonchev–Trinajstić information content (AvgIpc) is 3.82. The summed E-state index contributed by atoms with van der Waals surface area (Å²) >= 11 is 1.85. The molecule has 0 atom stereocenters. The molecule has 0 N–H and O–H groups in total. The van der Waals surface area contributed by atoms with Gasteiger partial charge in [0, 0.05) is 48.0 Å². The number of anilines is 3. The minimum Gasteiger partial charge on any atom is -0.456 e. The molecule has 0 saturated carbocycles. The van der Waals surface area contributed by atoms with E-state index in [4.69, 9.17) is 4.42 Å². The molecule has 0 amide bonds. The molecule has 2 nitrogen and oxygen atoms in total. The first-order chi connectivity index (χ1) is 27.2. The second-order valence-corrected chi connectivity index (χ2v) is 15.2. The van der Waals surface area contributed by atoms with Crippen LogP contribution in [0.25, 0.3) is 86.3 Å². The van der Waals surface area contributed by atoms with Gasteiger partial charge < -0.3 is 9.32 Å². The molecule has 2 aromatic heterocycles. The van der Waals surface area contributed by atoms with Crippen molar-refractivity contribution in [3.63, 3.8) is 0 Å². The third-order valence-corrected chi connectivity index (χ3v) is 12.0. The van der Waals surface area contributed by atoms with Gasteiger partial charge in [-0.1, -0.05) is 127 Å². The summed E-state index contributed by atoms with van der Waals surface area (Å²) < 4.78 is 8.84. The van der Waals surface area contributed by atoms with Crippen LogP contribution in [-0.2, 0) is 0 Å². The smallest absolute Gasteiger partial charge is 0.136 e. The Balaban J connectivity index is 1.02. The summed E-state index contributed by atoms with van der Waals surface area (Å²) in [4.78, 5) is 2.39. The minimum atomic E-state index is 0.905. The van der Waals surface area contributed by atoms with Gasteiger partial charge >= 0.3 is 0 Å². The second kappa shape index (κ2) is 12.9. The van der Waals surface area contributed by atoms with Crippen LogP contribution in [0.3, 0.4) is 0 Å². The van der Waals surface area contributed by atoms with Crippen molar-refractivity contribution < 1.29 is 4.42 Å². The van der Waals surface area contributed by atoms with Gasteiger partial charge in [0.05, 0.1) is 0 Å². The summed E-state index contributed by atoms with van der Waals surface area (Å²) in [6, 6.07) is 72.3. The second-order valence-electron chi connectivity index (χ2n) is 14.1. The van der Waals surface area contributed by atoms with Gasteiger partial charge in [-0.2, -0.15) is 0 Å². The highest BCUT2D eigenvalue weighted by atomic mass is 32.1. The fourth-order valence-electron chi connectivity index (χ4n) is 8.18. The van der Waals surface area contributed by atoms with Crippen molar-refractivity contribution in [2.24, 2.45) is 0 Å². The Bertz CT molecular complexity index is 3220. The lowest BCUT2D eigenvalue weighted by molar-refractivity contribution is 0.669. The maximum atomic E-state index is 6.24. The van der Waals surface area contributed by atoms with Crippen LogP contribution in [-0.4, -0.2) is 0 Å². The van der Waals surface area contributed by atoms with Crippen LogP contribution in [0.2, 0.25) is 0 Å². The molecular weight excluding hydrogens is 687 g/mol. The lowest BCUT2D eigenvalue weighted by atomic mass is 9.95. The van der Waals surface area contributed by atoms with Crippen LogP contribution in [0, 0.1) is 0 Å². The fraction of sp³-hybridized carbons (Fsp3) is 0. The first-order valence-corrected chi connectivity index (χ1v) is 19.5. The minimum absolute atomic E-state index is 0.905. The maximum Gasteiger partial charge on any atom is 0.136 e. The number of para-hydroxylation sites is 1. The van der Waals surface area contributed by atoms with Gasteiger partial charge in [-0.25, -0.2) is 0 Å². The van der Waals surface area contributed by atoms with E-state index < -0.39 is 0 Å². The number of thiophene rings is 1. The zero-order valence-corrected chi connectivity index (χ0v) is 30.6. The van der Waals surface area contributed by atoms with E-state index in [2.05, 4.69) is 193 Å². The van der Waals surface area contributed by atoms with Crippen LogP contribution >= 0.6 is 11.3 Å². The first kappa shape index (κ1) is 31.6. The largest absolute Gasteiger partial charge is 0.456 e. The number of furan rings is 1. The molecule has 0 fully saturated rings. The molecule has 0 spiro atoms. The van der Waals surface area contributed by atoms with E-state index in [1.807, 2.05) is 23.5 Å². The van der Waals surface area contributed by atoms with E-state index in [1.54, 1.807) is 0 Å². The molecule has 0 aliphatic rings. The average molecular weight is 720 g/mol. The highest BCUT2D eigenvalue weighted by Crippen LogP contribution is 2.42. The Morgan fingerprint density at radius 3 is 1.85 bits per heavy atom. The molecule has 0 unspecified atom stereocenters. The van der Waals surface area contributed by atoms with Crippen molar-refractivity contribution in [2.45, 2.75) is 0 Å². The molecule has 11 aromatic rings. The van der Waals surface area contributed by atoms with Crippen molar-refractivity contribution in [3.05, 3.63) is 200 Å². The topological polar surface area (TPSA) is 16.4 Å².